The minimum absolute atomic E-state index is 0.0386. The fourth-order valence-electron chi connectivity index (χ4n) is 6.09. The van der Waals surface area contributed by atoms with Crippen LogP contribution >= 0.6 is 0 Å². The van der Waals surface area contributed by atoms with E-state index in [4.69, 9.17) is 0 Å². The molecule has 0 saturated heterocycles. The number of allylic oxidation sites excluding steroid dienone is 1. The average Bonchev–Trinajstić information content (AvgIpc) is 2.75. The van der Waals surface area contributed by atoms with Crippen molar-refractivity contribution in [2.45, 2.75) is 83.5 Å². The van der Waals surface area contributed by atoms with E-state index in [1.54, 1.807) is 0 Å². The third kappa shape index (κ3) is 4.76. The van der Waals surface area contributed by atoms with Gasteiger partial charge in [0.05, 0.1) is 0 Å². The van der Waals surface area contributed by atoms with E-state index in [0.717, 1.165) is 41.4 Å². The SMILES string of the molecule is C=CCCc1ccc2cc(C3CCC4CC(CCCC)CCC4C3)cc(F)c2c1. The van der Waals surface area contributed by atoms with Crippen molar-refractivity contribution in [2.75, 3.05) is 0 Å². The molecule has 4 unspecified atom stereocenters. The second-order valence-electron chi connectivity index (χ2n) is 9.74. The molecule has 2 aromatic rings. The molecular formula is C28H37F. The van der Waals surface area contributed by atoms with Gasteiger partial charge in [0.25, 0.3) is 0 Å². The van der Waals surface area contributed by atoms with Gasteiger partial charge in [0.1, 0.15) is 5.82 Å². The van der Waals surface area contributed by atoms with Crippen molar-refractivity contribution in [1.29, 1.82) is 0 Å². The van der Waals surface area contributed by atoms with Gasteiger partial charge in [0, 0.05) is 5.39 Å². The van der Waals surface area contributed by atoms with E-state index in [9.17, 15) is 4.39 Å². The maximum Gasteiger partial charge on any atom is 0.131 e. The van der Waals surface area contributed by atoms with Crippen LogP contribution in [0.5, 0.6) is 0 Å². The highest BCUT2D eigenvalue weighted by atomic mass is 19.1. The van der Waals surface area contributed by atoms with Gasteiger partial charge in [-0.3, -0.25) is 0 Å². The molecule has 2 aliphatic carbocycles. The van der Waals surface area contributed by atoms with Crippen LogP contribution in [-0.4, -0.2) is 0 Å². The molecule has 0 nitrogen and oxygen atoms in total. The zero-order valence-electron chi connectivity index (χ0n) is 18.1. The summed E-state index contributed by atoms with van der Waals surface area (Å²) < 4.78 is 15.0. The van der Waals surface area contributed by atoms with Crippen molar-refractivity contribution in [1.82, 2.24) is 0 Å². The maximum atomic E-state index is 15.0. The largest absolute Gasteiger partial charge is 0.206 e. The molecule has 0 amide bonds. The lowest BCUT2D eigenvalue weighted by Crippen LogP contribution is -2.30. The molecule has 156 valence electrons. The molecule has 29 heavy (non-hydrogen) atoms. The molecule has 2 aliphatic rings. The number of hydrogen-bond donors (Lipinski definition) is 0. The Morgan fingerprint density at radius 1 is 1.03 bits per heavy atom. The molecule has 1 heteroatoms. The van der Waals surface area contributed by atoms with Crippen LogP contribution in [-0.2, 0) is 6.42 Å². The van der Waals surface area contributed by atoms with E-state index < -0.39 is 0 Å². The molecule has 2 fully saturated rings. The Bertz CT molecular complexity index is 836. The van der Waals surface area contributed by atoms with Gasteiger partial charge >= 0.3 is 0 Å². The summed E-state index contributed by atoms with van der Waals surface area (Å²) in [7, 11) is 0. The Balaban J connectivity index is 1.46. The number of aryl methyl sites for hydroxylation is 1. The first-order valence-corrected chi connectivity index (χ1v) is 12.0. The van der Waals surface area contributed by atoms with E-state index in [0.29, 0.717) is 5.92 Å². The Morgan fingerprint density at radius 2 is 1.86 bits per heavy atom. The first-order chi connectivity index (χ1) is 14.2. The van der Waals surface area contributed by atoms with Gasteiger partial charge in [-0.05, 0) is 97.3 Å². The molecule has 0 N–H and O–H groups in total. The summed E-state index contributed by atoms with van der Waals surface area (Å²) in [6, 6.07) is 10.4. The monoisotopic (exact) mass is 392 g/mol. The van der Waals surface area contributed by atoms with Crippen molar-refractivity contribution in [2.24, 2.45) is 17.8 Å². The Labute approximate surface area is 176 Å². The maximum absolute atomic E-state index is 15.0. The highest BCUT2D eigenvalue weighted by Gasteiger charge is 2.35. The summed E-state index contributed by atoms with van der Waals surface area (Å²) in [6.07, 6.45) is 16.1. The second kappa shape index (κ2) is 9.45. The van der Waals surface area contributed by atoms with Crippen LogP contribution < -0.4 is 0 Å². The van der Waals surface area contributed by atoms with Crippen molar-refractivity contribution >= 4 is 10.8 Å². The number of rotatable bonds is 7. The summed E-state index contributed by atoms with van der Waals surface area (Å²) in [4.78, 5) is 0. The smallest absolute Gasteiger partial charge is 0.131 e. The van der Waals surface area contributed by atoms with E-state index >= 15 is 0 Å². The molecule has 2 aromatic carbocycles. The first kappa shape index (κ1) is 20.6. The van der Waals surface area contributed by atoms with Crippen LogP contribution in [0.4, 0.5) is 4.39 Å². The number of fused-ring (bicyclic) bond motifs is 2. The Morgan fingerprint density at radius 3 is 2.69 bits per heavy atom. The predicted octanol–water partition coefficient (Wildman–Crippen LogP) is 8.59. The van der Waals surface area contributed by atoms with Gasteiger partial charge in [-0.1, -0.05) is 56.9 Å². The van der Waals surface area contributed by atoms with Gasteiger partial charge in [-0.25, -0.2) is 4.39 Å². The summed E-state index contributed by atoms with van der Waals surface area (Å²) in [5, 5.41) is 1.84. The van der Waals surface area contributed by atoms with Crippen molar-refractivity contribution in [3.8, 4) is 0 Å². The van der Waals surface area contributed by atoms with Gasteiger partial charge < -0.3 is 0 Å². The van der Waals surface area contributed by atoms with E-state index in [-0.39, 0.29) is 5.82 Å². The second-order valence-corrected chi connectivity index (χ2v) is 9.74. The minimum Gasteiger partial charge on any atom is -0.206 e. The van der Waals surface area contributed by atoms with Crippen molar-refractivity contribution < 1.29 is 4.39 Å². The minimum atomic E-state index is -0.0386. The fraction of sp³-hybridized carbons (Fsp3) is 0.571. The zero-order valence-corrected chi connectivity index (χ0v) is 18.1. The number of unbranched alkanes of at least 4 members (excludes halogenated alkanes) is 1. The van der Waals surface area contributed by atoms with Crippen LogP contribution in [0.1, 0.15) is 88.2 Å². The highest BCUT2D eigenvalue weighted by molar-refractivity contribution is 5.84. The fourth-order valence-corrected chi connectivity index (χ4v) is 6.09. The molecule has 0 aliphatic heterocycles. The number of hydrogen-bond acceptors (Lipinski definition) is 0. The van der Waals surface area contributed by atoms with Gasteiger partial charge in [0.2, 0.25) is 0 Å². The topological polar surface area (TPSA) is 0 Å². The number of halogens is 1. The molecule has 0 aromatic heterocycles. The molecule has 0 spiro atoms. The van der Waals surface area contributed by atoms with Crippen molar-refractivity contribution in [3.05, 3.63) is 59.9 Å². The molecule has 0 heterocycles. The Kier molecular flexibility index (Phi) is 6.73. The summed E-state index contributed by atoms with van der Waals surface area (Å²) in [5.41, 5.74) is 2.43. The highest BCUT2D eigenvalue weighted by Crippen LogP contribution is 2.48. The quantitative estimate of drug-likeness (QED) is 0.414. The van der Waals surface area contributed by atoms with Crippen LogP contribution in [0.25, 0.3) is 10.8 Å². The first-order valence-electron chi connectivity index (χ1n) is 12.0. The van der Waals surface area contributed by atoms with E-state index in [1.807, 2.05) is 18.2 Å². The van der Waals surface area contributed by atoms with Crippen molar-refractivity contribution in [3.63, 3.8) is 0 Å². The normalized spacial score (nSPS) is 27.0. The summed E-state index contributed by atoms with van der Waals surface area (Å²) >= 11 is 0. The molecule has 4 rings (SSSR count). The lowest BCUT2D eigenvalue weighted by molar-refractivity contribution is 0.113. The van der Waals surface area contributed by atoms with Crippen LogP contribution in [0.2, 0.25) is 0 Å². The summed E-state index contributed by atoms with van der Waals surface area (Å²) in [6.45, 7) is 6.10. The van der Waals surface area contributed by atoms with Gasteiger partial charge in [-0.15, -0.1) is 6.58 Å². The lowest BCUT2D eigenvalue weighted by Gasteiger charge is -2.42. The lowest BCUT2D eigenvalue weighted by atomic mass is 9.63. The third-order valence-electron chi connectivity index (χ3n) is 7.79. The standard InChI is InChI=1S/C28H37F/c1-3-5-7-20-9-11-23-17-24(14-13-22(23)15-20)26-18-25-12-10-21(8-6-4-2)16-27(25)28(29)19-26/h4,10,12,16,18-20,22-24H,2-3,5-9,11,13-15,17H2,1H3. The van der Waals surface area contributed by atoms with E-state index in [2.05, 4.69) is 31.7 Å². The van der Waals surface area contributed by atoms with Crippen LogP contribution in [0.15, 0.2) is 43.0 Å². The third-order valence-corrected chi connectivity index (χ3v) is 7.79. The molecule has 4 atom stereocenters. The molecule has 0 bridgehead atoms. The molecule has 0 radical (unpaired) electrons. The van der Waals surface area contributed by atoms with Crippen LogP contribution in [0, 0.1) is 23.6 Å². The predicted molar refractivity (Wildman–Crippen MR) is 123 cm³/mol. The molecular weight excluding hydrogens is 355 g/mol. The van der Waals surface area contributed by atoms with E-state index in [1.165, 1.54) is 68.9 Å². The average molecular weight is 393 g/mol. The summed E-state index contributed by atoms with van der Waals surface area (Å²) in [5.74, 6) is 3.28. The Hall–Kier alpha value is -1.63. The van der Waals surface area contributed by atoms with Gasteiger partial charge in [0.15, 0.2) is 0 Å². The number of benzene rings is 2. The molecule has 2 saturated carbocycles. The van der Waals surface area contributed by atoms with Crippen LogP contribution in [0.3, 0.4) is 0 Å². The van der Waals surface area contributed by atoms with Gasteiger partial charge in [-0.2, -0.15) is 0 Å². The zero-order chi connectivity index (χ0) is 20.2.